The molecule has 2 aromatic carbocycles. The van der Waals surface area contributed by atoms with Gasteiger partial charge in [-0.05, 0) is 55.3 Å². The van der Waals surface area contributed by atoms with Crippen LogP contribution in [0.25, 0.3) is 0 Å². The van der Waals surface area contributed by atoms with Gasteiger partial charge < -0.3 is 9.64 Å². The van der Waals surface area contributed by atoms with Gasteiger partial charge in [0.05, 0.1) is 14.9 Å². The molecule has 170 valence electrons. The summed E-state index contributed by atoms with van der Waals surface area (Å²) >= 11 is 11.9. The minimum absolute atomic E-state index is 0.0443. The second-order valence-corrected chi connectivity index (χ2v) is 9.98. The zero-order valence-corrected chi connectivity index (χ0v) is 20.6. The first-order valence-corrected chi connectivity index (χ1v) is 12.3. The normalized spacial score (nSPS) is 12.4. The Bertz CT molecular complexity index is 1220. The van der Waals surface area contributed by atoms with Crippen LogP contribution in [0, 0.1) is 0 Å². The van der Waals surface area contributed by atoms with E-state index >= 15 is 0 Å². The number of halogens is 2. The average molecular weight is 494 g/mol. The highest BCUT2D eigenvalue weighted by atomic mass is 35.5. The largest absolute Gasteiger partial charge is 0.439 e. The van der Waals surface area contributed by atoms with E-state index in [1.165, 1.54) is 18.2 Å². The van der Waals surface area contributed by atoms with Gasteiger partial charge in [0, 0.05) is 43.7 Å². The number of nitrogens with one attached hydrogen (secondary N) is 1. The summed E-state index contributed by atoms with van der Waals surface area (Å²) in [5.41, 5.74) is 2.61. The maximum Gasteiger partial charge on any atom is 0.241 e. The van der Waals surface area contributed by atoms with Crippen molar-refractivity contribution in [2.75, 3.05) is 19.0 Å². The molecule has 1 atom stereocenters. The molecule has 0 bridgehead atoms. The molecule has 6 nitrogen and oxygen atoms in total. The first-order valence-electron chi connectivity index (χ1n) is 10.0. The molecule has 0 fully saturated rings. The van der Waals surface area contributed by atoms with E-state index < -0.39 is 16.1 Å². The van der Waals surface area contributed by atoms with Crippen molar-refractivity contribution in [2.24, 2.45) is 0 Å². The Labute approximate surface area is 199 Å². The molecule has 0 aliphatic carbocycles. The zero-order chi connectivity index (χ0) is 23.5. The molecule has 0 aliphatic heterocycles. The molecule has 32 heavy (non-hydrogen) atoms. The van der Waals surface area contributed by atoms with E-state index in [9.17, 15) is 8.42 Å². The Kier molecular flexibility index (Phi) is 7.67. The number of anilines is 1. The Morgan fingerprint density at radius 3 is 2.50 bits per heavy atom. The van der Waals surface area contributed by atoms with Gasteiger partial charge in [0.25, 0.3) is 0 Å². The van der Waals surface area contributed by atoms with Crippen LogP contribution in [0.4, 0.5) is 5.69 Å². The van der Waals surface area contributed by atoms with Crippen LogP contribution in [0.3, 0.4) is 0 Å². The van der Waals surface area contributed by atoms with E-state index in [1.807, 2.05) is 50.2 Å². The van der Waals surface area contributed by atoms with Crippen LogP contribution in [0.15, 0.2) is 59.6 Å². The fraction of sp³-hybridized carbons (Fsp3) is 0.261. The van der Waals surface area contributed by atoms with Crippen LogP contribution in [-0.4, -0.2) is 27.5 Å². The standard InChI is InChI=1S/C23H25Cl2N3O3S/c1-5-19-20(15(2)27-32(29,30)18-9-10-21(24)22(25)14-18)11-12-26-23(19)31-17-8-6-7-16(13-17)28(3)4/h6-15,27H,5H2,1-4H3. The maximum absolute atomic E-state index is 12.9. The summed E-state index contributed by atoms with van der Waals surface area (Å²) in [4.78, 5) is 6.42. The van der Waals surface area contributed by atoms with Crippen LogP contribution in [0.2, 0.25) is 10.0 Å². The van der Waals surface area contributed by atoms with Crippen LogP contribution >= 0.6 is 23.2 Å². The fourth-order valence-corrected chi connectivity index (χ4v) is 4.89. The highest BCUT2D eigenvalue weighted by molar-refractivity contribution is 7.89. The molecule has 3 rings (SSSR count). The first kappa shape index (κ1) is 24.3. The fourth-order valence-electron chi connectivity index (χ4n) is 3.28. The molecule has 1 unspecified atom stereocenters. The van der Waals surface area contributed by atoms with Crippen molar-refractivity contribution in [1.29, 1.82) is 0 Å². The molecule has 1 N–H and O–H groups in total. The third-order valence-corrected chi connectivity index (χ3v) is 7.23. The predicted molar refractivity (Wildman–Crippen MR) is 130 cm³/mol. The average Bonchev–Trinajstić information content (AvgIpc) is 2.75. The Morgan fingerprint density at radius 2 is 1.84 bits per heavy atom. The first-order chi connectivity index (χ1) is 15.1. The highest BCUT2D eigenvalue weighted by Crippen LogP contribution is 2.32. The second kappa shape index (κ2) is 10.1. The number of nitrogens with zero attached hydrogens (tertiary/aromatic N) is 2. The number of sulfonamides is 1. The molecule has 0 saturated carbocycles. The van der Waals surface area contributed by atoms with E-state index in [-0.39, 0.29) is 9.92 Å². The molecule has 1 aromatic heterocycles. The Balaban J connectivity index is 1.89. The number of hydrogen-bond donors (Lipinski definition) is 1. The van der Waals surface area contributed by atoms with Crippen molar-refractivity contribution >= 4 is 38.9 Å². The van der Waals surface area contributed by atoms with Gasteiger partial charge in [-0.1, -0.05) is 36.2 Å². The van der Waals surface area contributed by atoms with Gasteiger partial charge in [0.1, 0.15) is 5.75 Å². The molecule has 0 spiro atoms. The number of pyridine rings is 1. The minimum Gasteiger partial charge on any atom is -0.439 e. The minimum atomic E-state index is -3.82. The summed E-state index contributed by atoms with van der Waals surface area (Å²) in [6.07, 6.45) is 2.23. The summed E-state index contributed by atoms with van der Waals surface area (Å²) in [5, 5.41) is 0.470. The van der Waals surface area contributed by atoms with Gasteiger partial charge in [0.15, 0.2) is 0 Å². The van der Waals surface area contributed by atoms with Crippen LogP contribution < -0.4 is 14.4 Å². The Hall–Kier alpha value is -2.32. The topological polar surface area (TPSA) is 71.5 Å². The van der Waals surface area contributed by atoms with Crippen molar-refractivity contribution in [3.8, 4) is 11.6 Å². The zero-order valence-electron chi connectivity index (χ0n) is 18.3. The van der Waals surface area contributed by atoms with E-state index in [0.29, 0.717) is 23.1 Å². The number of benzene rings is 2. The predicted octanol–water partition coefficient (Wildman–Crippen LogP) is 5.85. The lowest BCUT2D eigenvalue weighted by molar-refractivity contribution is 0.454. The lowest BCUT2D eigenvalue weighted by Crippen LogP contribution is -2.27. The van der Waals surface area contributed by atoms with Crippen molar-refractivity contribution in [3.05, 3.63) is 75.9 Å². The maximum atomic E-state index is 12.9. The third kappa shape index (κ3) is 5.53. The molecular weight excluding hydrogens is 469 g/mol. The van der Waals surface area contributed by atoms with Crippen LogP contribution in [0.1, 0.15) is 31.0 Å². The van der Waals surface area contributed by atoms with Gasteiger partial charge in [-0.3, -0.25) is 0 Å². The lowest BCUT2D eigenvalue weighted by atomic mass is 10.0. The molecule has 9 heteroatoms. The van der Waals surface area contributed by atoms with Crippen LogP contribution in [-0.2, 0) is 16.4 Å². The number of hydrogen-bond acceptors (Lipinski definition) is 5. The van der Waals surface area contributed by atoms with Crippen molar-refractivity contribution < 1.29 is 13.2 Å². The summed E-state index contributed by atoms with van der Waals surface area (Å²) in [7, 11) is 0.0923. The van der Waals surface area contributed by atoms with Gasteiger partial charge >= 0.3 is 0 Å². The number of rotatable bonds is 8. The molecule has 0 amide bonds. The molecule has 0 radical (unpaired) electrons. The van der Waals surface area contributed by atoms with E-state index in [0.717, 1.165) is 16.8 Å². The molecule has 3 aromatic rings. The van der Waals surface area contributed by atoms with Crippen molar-refractivity contribution in [2.45, 2.75) is 31.2 Å². The van der Waals surface area contributed by atoms with Crippen LogP contribution in [0.5, 0.6) is 11.6 Å². The van der Waals surface area contributed by atoms with Gasteiger partial charge in [-0.2, -0.15) is 0 Å². The van der Waals surface area contributed by atoms with Gasteiger partial charge in [0.2, 0.25) is 15.9 Å². The SMILES string of the molecule is CCc1c(C(C)NS(=O)(=O)c2ccc(Cl)c(Cl)c2)ccnc1Oc1cccc(N(C)C)c1. The second-order valence-electron chi connectivity index (χ2n) is 7.45. The van der Waals surface area contributed by atoms with Gasteiger partial charge in [-0.25, -0.2) is 18.1 Å². The highest BCUT2D eigenvalue weighted by Gasteiger charge is 2.22. The number of ether oxygens (including phenoxy) is 1. The summed E-state index contributed by atoms with van der Waals surface area (Å²) < 4.78 is 34.6. The van der Waals surface area contributed by atoms with Crippen molar-refractivity contribution in [1.82, 2.24) is 9.71 Å². The smallest absolute Gasteiger partial charge is 0.241 e. The van der Waals surface area contributed by atoms with E-state index in [2.05, 4.69) is 9.71 Å². The Morgan fingerprint density at radius 1 is 1.09 bits per heavy atom. The molecule has 0 saturated heterocycles. The third-order valence-electron chi connectivity index (χ3n) is 4.95. The monoisotopic (exact) mass is 493 g/mol. The quantitative estimate of drug-likeness (QED) is 0.426. The molecular formula is C23H25Cl2N3O3S. The molecule has 1 heterocycles. The summed E-state index contributed by atoms with van der Waals surface area (Å²) in [6.45, 7) is 3.75. The van der Waals surface area contributed by atoms with E-state index in [1.54, 1.807) is 19.2 Å². The van der Waals surface area contributed by atoms with E-state index in [4.69, 9.17) is 27.9 Å². The summed E-state index contributed by atoms with van der Waals surface area (Å²) in [6, 6.07) is 13.2. The van der Waals surface area contributed by atoms with Gasteiger partial charge in [-0.15, -0.1) is 0 Å². The molecule has 0 aliphatic rings. The lowest BCUT2D eigenvalue weighted by Gasteiger charge is -2.20. The van der Waals surface area contributed by atoms with Crippen molar-refractivity contribution in [3.63, 3.8) is 0 Å². The number of aromatic nitrogens is 1. The summed E-state index contributed by atoms with van der Waals surface area (Å²) in [5.74, 6) is 1.10.